The Morgan fingerprint density at radius 1 is 1.30 bits per heavy atom. The molecule has 0 fully saturated rings. The van der Waals surface area contributed by atoms with Crippen LogP contribution in [-0.2, 0) is 4.79 Å². The van der Waals surface area contributed by atoms with Crippen LogP contribution in [0.15, 0.2) is 30.3 Å². The zero-order chi connectivity index (χ0) is 16.9. The predicted molar refractivity (Wildman–Crippen MR) is 73.7 cm³/mol. The van der Waals surface area contributed by atoms with Crippen LogP contribution in [0.5, 0.6) is 5.88 Å². The summed E-state index contributed by atoms with van der Waals surface area (Å²) in [5, 5.41) is 10.3. The fourth-order valence-corrected chi connectivity index (χ4v) is 1.58. The Hall–Kier alpha value is -2.78. The summed E-state index contributed by atoms with van der Waals surface area (Å²) in [5.41, 5.74) is 0.564. The molecule has 2 rings (SSSR count). The molecule has 124 valence electrons. The summed E-state index contributed by atoms with van der Waals surface area (Å²) in [6, 6.07) is 6.94. The van der Waals surface area contributed by atoms with Crippen molar-refractivity contribution in [2.45, 2.75) is 6.18 Å². The summed E-state index contributed by atoms with van der Waals surface area (Å²) < 4.78 is 54.3. The van der Waals surface area contributed by atoms with E-state index >= 15 is 0 Å². The van der Waals surface area contributed by atoms with Gasteiger partial charge in [-0.1, -0.05) is 6.07 Å². The molecule has 3 N–H and O–H groups in total. The van der Waals surface area contributed by atoms with Gasteiger partial charge in [-0.3, -0.25) is 9.89 Å². The van der Waals surface area contributed by atoms with E-state index in [4.69, 9.17) is 4.74 Å². The van der Waals surface area contributed by atoms with Crippen LogP contribution in [0.1, 0.15) is 0 Å². The van der Waals surface area contributed by atoms with Gasteiger partial charge < -0.3 is 15.4 Å². The highest BCUT2D eigenvalue weighted by Gasteiger charge is 2.39. The first-order valence-corrected chi connectivity index (χ1v) is 6.40. The molecule has 1 heterocycles. The van der Waals surface area contributed by atoms with E-state index in [0.717, 1.165) is 6.07 Å². The minimum atomic E-state index is -4.99. The maximum atomic E-state index is 12.9. The average Bonchev–Trinajstić information content (AvgIpc) is 2.90. The first-order valence-electron chi connectivity index (χ1n) is 6.40. The van der Waals surface area contributed by atoms with Gasteiger partial charge in [0.05, 0.1) is 0 Å². The number of nitrogens with zero attached hydrogens (tertiary/aromatic N) is 1. The van der Waals surface area contributed by atoms with E-state index in [1.807, 2.05) is 0 Å². The van der Waals surface area contributed by atoms with Gasteiger partial charge in [0, 0.05) is 18.3 Å². The molecule has 0 spiro atoms. The molecule has 0 bridgehead atoms. The Morgan fingerprint density at radius 3 is 2.78 bits per heavy atom. The Balaban J connectivity index is 1.76. The minimum absolute atomic E-state index is 0.0171. The summed E-state index contributed by atoms with van der Waals surface area (Å²) in [4.78, 5) is 10.7. The number of carbonyl (C=O) groups is 1. The monoisotopic (exact) mass is 332 g/mol. The molecular formula is C13H12F4N4O2. The van der Waals surface area contributed by atoms with E-state index in [2.05, 4.69) is 15.5 Å². The van der Waals surface area contributed by atoms with E-state index in [9.17, 15) is 22.4 Å². The average molecular weight is 332 g/mol. The molecule has 0 unspecified atom stereocenters. The Bertz CT molecular complexity index is 672. The van der Waals surface area contributed by atoms with Crippen LogP contribution in [0.3, 0.4) is 0 Å². The maximum absolute atomic E-state index is 12.9. The third-order valence-electron chi connectivity index (χ3n) is 2.57. The maximum Gasteiger partial charge on any atom is 0.471 e. The third kappa shape index (κ3) is 5.16. The zero-order valence-electron chi connectivity index (χ0n) is 11.6. The first kappa shape index (κ1) is 16.6. The number of nitrogens with one attached hydrogen (secondary N) is 3. The lowest BCUT2D eigenvalue weighted by Crippen LogP contribution is -2.30. The number of hydrogen-bond acceptors (Lipinski definition) is 4. The largest absolute Gasteiger partial charge is 0.475 e. The van der Waals surface area contributed by atoms with Gasteiger partial charge in [0.15, 0.2) is 0 Å². The van der Waals surface area contributed by atoms with Crippen LogP contribution >= 0.6 is 0 Å². The van der Waals surface area contributed by atoms with Gasteiger partial charge in [-0.15, -0.1) is 5.10 Å². The molecule has 0 aliphatic carbocycles. The molecular weight excluding hydrogens is 320 g/mol. The molecule has 2 aromatic rings. The molecule has 0 saturated carbocycles. The minimum Gasteiger partial charge on any atom is -0.475 e. The Labute approximate surface area is 127 Å². The fourth-order valence-electron chi connectivity index (χ4n) is 1.58. The van der Waals surface area contributed by atoms with E-state index in [-0.39, 0.29) is 24.1 Å². The second kappa shape index (κ2) is 6.99. The lowest BCUT2D eigenvalue weighted by atomic mass is 10.3. The number of aromatic nitrogens is 2. The van der Waals surface area contributed by atoms with E-state index in [1.54, 1.807) is 17.4 Å². The number of hydrogen-bond donors (Lipinski definition) is 3. The lowest BCUT2D eigenvalue weighted by molar-refractivity contribution is -0.167. The molecule has 0 atom stereocenters. The van der Waals surface area contributed by atoms with Crippen LogP contribution in [0, 0.1) is 5.82 Å². The molecule has 1 aromatic carbocycles. The summed E-state index contributed by atoms with van der Waals surface area (Å²) in [6.45, 7) is 0.453. The molecule has 23 heavy (non-hydrogen) atoms. The van der Waals surface area contributed by atoms with Gasteiger partial charge in [0.25, 0.3) is 0 Å². The van der Waals surface area contributed by atoms with Crippen molar-refractivity contribution in [3.63, 3.8) is 0 Å². The van der Waals surface area contributed by atoms with Gasteiger partial charge in [0.1, 0.15) is 18.2 Å². The van der Waals surface area contributed by atoms with Crippen molar-refractivity contribution in [2.75, 3.05) is 23.8 Å². The SMILES string of the molecule is O=C(Nc1cc(OCCNc2cccc(F)c2)n[nH]1)C(F)(F)F. The number of anilines is 2. The number of alkyl halides is 3. The zero-order valence-corrected chi connectivity index (χ0v) is 11.6. The molecule has 0 aliphatic rings. The van der Waals surface area contributed by atoms with Gasteiger partial charge in [-0.2, -0.15) is 13.2 Å². The summed E-state index contributed by atoms with van der Waals surface area (Å²) in [6.07, 6.45) is -4.99. The third-order valence-corrected chi connectivity index (χ3v) is 2.57. The summed E-state index contributed by atoms with van der Waals surface area (Å²) in [5.74, 6) is -2.71. The highest BCUT2D eigenvalue weighted by Crippen LogP contribution is 2.19. The summed E-state index contributed by atoms with van der Waals surface area (Å²) in [7, 11) is 0. The number of carbonyl (C=O) groups excluding carboxylic acids is 1. The standard InChI is InChI=1S/C13H12F4N4O2/c14-8-2-1-3-9(6-8)18-4-5-23-11-7-10(20-21-11)19-12(22)13(15,16)17/h1-3,6-7,18H,4-5H2,(H2,19,20,21,22). The highest BCUT2D eigenvalue weighted by atomic mass is 19.4. The van der Waals surface area contributed by atoms with Crippen molar-refractivity contribution in [1.29, 1.82) is 0 Å². The van der Waals surface area contributed by atoms with Gasteiger partial charge in [-0.05, 0) is 18.2 Å². The van der Waals surface area contributed by atoms with Crippen molar-refractivity contribution < 1.29 is 27.1 Å². The van der Waals surface area contributed by atoms with Crippen LogP contribution < -0.4 is 15.4 Å². The number of H-pyrrole nitrogens is 1. The van der Waals surface area contributed by atoms with Crippen LogP contribution in [0.4, 0.5) is 29.1 Å². The number of ether oxygens (including phenoxy) is 1. The van der Waals surface area contributed by atoms with Crippen molar-refractivity contribution in [3.05, 3.63) is 36.1 Å². The quantitative estimate of drug-likeness (QED) is 0.561. The van der Waals surface area contributed by atoms with Crippen molar-refractivity contribution in [3.8, 4) is 5.88 Å². The number of benzene rings is 1. The molecule has 1 amide bonds. The Kier molecular flexibility index (Phi) is 5.04. The molecule has 0 saturated heterocycles. The van der Waals surface area contributed by atoms with E-state index in [0.29, 0.717) is 12.2 Å². The fraction of sp³-hybridized carbons (Fsp3) is 0.231. The Morgan fingerprint density at radius 2 is 2.09 bits per heavy atom. The van der Waals surface area contributed by atoms with Crippen molar-refractivity contribution in [2.24, 2.45) is 0 Å². The topological polar surface area (TPSA) is 79.0 Å². The predicted octanol–water partition coefficient (Wildman–Crippen LogP) is 2.54. The van der Waals surface area contributed by atoms with Crippen LogP contribution in [0.25, 0.3) is 0 Å². The smallest absolute Gasteiger partial charge is 0.471 e. The normalized spacial score (nSPS) is 11.1. The van der Waals surface area contributed by atoms with E-state index < -0.39 is 12.1 Å². The number of aromatic amines is 1. The molecule has 0 aliphatic heterocycles. The van der Waals surface area contributed by atoms with Crippen molar-refractivity contribution in [1.82, 2.24) is 10.2 Å². The van der Waals surface area contributed by atoms with Crippen LogP contribution in [-0.4, -0.2) is 35.4 Å². The van der Waals surface area contributed by atoms with Crippen molar-refractivity contribution >= 4 is 17.4 Å². The van der Waals surface area contributed by atoms with Crippen LogP contribution in [0.2, 0.25) is 0 Å². The van der Waals surface area contributed by atoms with Gasteiger partial charge in [0.2, 0.25) is 5.88 Å². The second-order valence-electron chi connectivity index (χ2n) is 4.36. The molecule has 0 radical (unpaired) electrons. The van der Waals surface area contributed by atoms with E-state index in [1.165, 1.54) is 12.1 Å². The highest BCUT2D eigenvalue weighted by molar-refractivity contribution is 5.94. The summed E-state index contributed by atoms with van der Waals surface area (Å²) >= 11 is 0. The first-order chi connectivity index (χ1) is 10.8. The van der Waals surface area contributed by atoms with Gasteiger partial charge in [-0.25, -0.2) is 4.39 Å². The second-order valence-corrected chi connectivity index (χ2v) is 4.36. The molecule has 1 aromatic heterocycles. The van der Waals surface area contributed by atoms with Gasteiger partial charge >= 0.3 is 12.1 Å². The number of halogens is 4. The molecule has 6 nitrogen and oxygen atoms in total. The number of rotatable bonds is 6. The lowest BCUT2D eigenvalue weighted by Gasteiger charge is -2.06. The number of amides is 1. The molecule has 10 heteroatoms.